The van der Waals surface area contributed by atoms with Crippen molar-refractivity contribution in [3.8, 4) is 0 Å². The Balaban J connectivity index is 1.56. The normalized spacial score (nSPS) is 13.1. The Hall–Kier alpha value is -4.40. The summed E-state index contributed by atoms with van der Waals surface area (Å²) < 4.78 is 0. The highest BCUT2D eigenvalue weighted by Crippen LogP contribution is 2.19. The number of rotatable bonds is 6. The summed E-state index contributed by atoms with van der Waals surface area (Å²) in [5, 5.41) is 41.4. The number of hydrogen-bond acceptors (Lipinski definition) is 7. The summed E-state index contributed by atoms with van der Waals surface area (Å²) in [6, 6.07) is 14.7. The Bertz CT molecular complexity index is 1330. The minimum absolute atomic E-state index is 0.152. The highest BCUT2D eigenvalue weighted by atomic mass is 16.3. The van der Waals surface area contributed by atoms with Gasteiger partial charge in [-0.25, -0.2) is 0 Å². The molecule has 0 saturated carbocycles. The standard InChI is InChI=1S/C22H21N7O2/c1-13(21(30)15(3)28-24-17-9-5-6-10-18(17)25-28)23-14(2)22(31)16(4)29-26-19-11-7-8-12-20(19)27-29/h5-12,23,30-31H,1,4H2,2-3H3/b21-15-,22-14-. The van der Waals surface area contributed by atoms with Gasteiger partial charge in [0.25, 0.3) is 0 Å². The van der Waals surface area contributed by atoms with E-state index in [9.17, 15) is 10.2 Å². The highest BCUT2D eigenvalue weighted by molar-refractivity contribution is 5.75. The van der Waals surface area contributed by atoms with Gasteiger partial charge in [0.1, 0.15) is 33.5 Å². The Morgan fingerprint density at radius 1 is 0.742 bits per heavy atom. The Morgan fingerprint density at radius 3 is 1.61 bits per heavy atom. The summed E-state index contributed by atoms with van der Waals surface area (Å²) in [5.74, 6) is -0.323. The lowest BCUT2D eigenvalue weighted by molar-refractivity contribution is 0.405. The number of nitrogens with one attached hydrogen (secondary N) is 1. The largest absolute Gasteiger partial charge is 0.504 e. The lowest BCUT2D eigenvalue weighted by atomic mass is 10.2. The van der Waals surface area contributed by atoms with Crippen molar-refractivity contribution in [2.45, 2.75) is 13.8 Å². The van der Waals surface area contributed by atoms with E-state index in [2.05, 4.69) is 38.9 Å². The molecule has 4 aromatic rings. The van der Waals surface area contributed by atoms with Crippen LogP contribution >= 0.6 is 0 Å². The molecule has 0 amide bonds. The molecule has 2 aromatic carbocycles. The van der Waals surface area contributed by atoms with Gasteiger partial charge in [0.15, 0.2) is 11.5 Å². The van der Waals surface area contributed by atoms with Crippen LogP contribution in [0.2, 0.25) is 0 Å². The van der Waals surface area contributed by atoms with E-state index in [1.165, 1.54) is 9.59 Å². The zero-order valence-corrected chi connectivity index (χ0v) is 17.1. The molecule has 0 aliphatic rings. The molecule has 31 heavy (non-hydrogen) atoms. The monoisotopic (exact) mass is 415 g/mol. The molecule has 0 saturated heterocycles. The van der Waals surface area contributed by atoms with Crippen LogP contribution in [0.15, 0.2) is 84.6 Å². The van der Waals surface area contributed by atoms with Crippen LogP contribution in [-0.4, -0.2) is 40.2 Å². The van der Waals surface area contributed by atoms with Gasteiger partial charge < -0.3 is 15.5 Å². The summed E-state index contributed by atoms with van der Waals surface area (Å²) in [4.78, 5) is 2.60. The fourth-order valence-electron chi connectivity index (χ4n) is 2.96. The highest BCUT2D eigenvalue weighted by Gasteiger charge is 2.15. The number of aromatic nitrogens is 6. The molecule has 0 aliphatic carbocycles. The molecular formula is C22H21N7O2. The van der Waals surface area contributed by atoms with E-state index in [1.807, 2.05) is 48.5 Å². The van der Waals surface area contributed by atoms with E-state index in [1.54, 1.807) is 13.8 Å². The molecule has 2 aromatic heterocycles. The van der Waals surface area contributed by atoms with Crippen LogP contribution in [0.3, 0.4) is 0 Å². The van der Waals surface area contributed by atoms with Crippen LogP contribution in [0.4, 0.5) is 0 Å². The van der Waals surface area contributed by atoms with Crippen molar-refractivity contribution >= 4 is 33.5 Å². The summed E-state index contributed by atoms with van der Waals surface area (Å²) >= 11 is 0. The molecule has 3 N–H and O–H groups in total. The number of fused-ring (bicyclic) bond motifs is 2. The summed E-state index contributed by atoms with van der Waals surface area (Å²) in [6.45, 7) is 11.0. The molecule has 0 spiro atoms. The van der Waals surface area contributed by atoms with Crippen molar-refractivity contribution in [2.24, 2.45) is 0 Å². The second kappa shape index (κ2) is 7.79. The molecule has 2 heterocycles. The first kappa shape index (κ1) is 19.9. The van der Waals surface area contributed by atoms with Crippen molar-refractivity contribution in [1.82, 2.24) is 35.3 Å². The molecule has 9 nitrogen and oxygen atoms in total. The van der Waals surface area contributed by atoms with Crippen molar-refractivity contribution in [2.75, 3.05) is 0 Å². The van der Waals surface area contributed by atoms with Gasteiger partial charge in [-0.05, 0) is 38.1 Å². The van der Waals surface area contributed by atoms with Crippen molar-refractivity contribution in [3.63, 3.8) is 0 Å². The van der Waals surface area contributed by atoms with Crippen LogP contribution in [-0.2, 0) is 0 Å². The number of allylic oxidation sites excluding steroid dienone is 3. The minimum atomic E-state index is -0.171. The fraction of sp³-hybridized carbons (Fsp3) is 0.0909. The molecule has 0 bridgehead atoms. The van der Waals surface area contributed by atoms with Gasteiger partial charge in [0.05, 0.1) is 11.4 Å². The number of nitrogens with zero attached hydrogens (tertiary/aromatic N) is 6. The van der Waals surface area contributed by atoms with Gasteiger partial charge in [-0.2, -0.15) is 4.80 Å². The first-order chi connectivity index (χ1) is 14.8. The summed E-state index contributed by atoms with van der Waals surface area (Å²) in [7, 11) is 0. The minimum Gasteiger partial charge on any atom is -0.504 e. The molecule has 0 fully saturated rings. The van der Waals surface area contributed by atoms with E-state index < -0.39 is 0 Å². The molecule has 4 rings (SSSR count). The average molecular weight is 415 g/mol. The predicted molar refractivity (Wildman–Crippen MR) is 120 cm³/mol. The Labute approximate surface area is 177 Å². The third-order valence-corrected chi connectivity index (χ3v) is 4.71. The van der Waals surface area contributed by atoms with Gasteiger partial charge >= 0.3 is 0 Å². The lowest BCUT2D eigenvalue weighted by Gasteiger charge is -2.14. The smallest absolute Gasteiger partial charge is 0.161 e. The first-order valence-corrected chi connectivity index (χ1v) is 9.45. The third kappa shape index (κ3) is 3.76. The van der Waals surface area contributed by atoms with Crippen LogP contribution in [0, 0.1) is 0 Å². The number of hydrogen-bond donors (Lipinski definition) is 3. The van der Waals surface area contributed by atoms with E-state index >= 15 is 0 Å². The maximum atomic E-state index is 10.6. The van der Waals surface area contributed by atoms with E-state index in [-0.39, 0.29) is 22.9 Å². The quantitative estimate of drug-likeness (QED) is 0.322. The Morgan fingerprint density at radius 2 is 1.16 bits per heavy atom. The van der Waals surface area contributed by atoms with Gasteiger partial charge in [-0.3, -0.25) is 0 Å². The van der Waals surface area contributed by atoms with E-state index in [0.29, 0.717) is 33.5 Å². The molecule has 0 unspecified atom stereocenters. The summed E-state index contributed by atoms with van der Waals surface area (Å²) in [6.07, 6.45) is 0. The first-order valence-electron chi connectivity index (χ1n) is 9.45. The molecule has 9 heteroatoms. The van der Waals surface area contributed by atoms with Crippen LogP contribution in [0.25, 0.3) is 33.5 Å². The van der Waals surface area contributed by atoms with Crippen molar-refractivity contribution in [1.29, 1.82) is 0 Å². The zero-order chi connectivity index (χ0) is 22.1. The van der Waals surface area contributed by atoms with Crippen LogP contribution in [0.5, 0.6) is 0 Å². The Kier molecular flexibility index (Phi) is 5.00. The summed E-state index contributed by atoms with van der Waals surface area (Å²) in [5.41, 5.74) is 3.80. The molecule has 0 atom stereocenters. The number of aliphatic hydroxyl groups is 2. The second-order valence-electron chi connectivity index (χ2n) is 6.91. The van der Waals surface area contributed by atoms with E-state index in [4.69, 9.17) is 0 Å². The maximum Gasteiger partial charge on any atom is 0.161 e. The third-order valence-electron chi connectivity index (χ3n) is 4.71. The average Bonchev–Trinajstić information content (AvgIpc) is 3.41. The fourth-order valence-corrected chi connectivity index (χ4v) is 2.96. The van der Waals surface area contributed by atoms with Gasteiger partial charge in [0, 0.05) is 0 Å². The topological polar surface area (TPSA) is 114 Å². The van der Waals surface area contributed by atoms with Crippen molar-refractivity contribution in [3.05, 3.63) is 84.6 Å². The maximum absolute atomic E-state index is 10.6. The van der Waals surface area contributed by atoms with Crippen LogP contribution < -0.4 is 5.32 Å². The lowest BCUT2D eigenvalue weighted by Crippen LogP contribution is -2.17. The molecule has 0 aliphatic heterocycles. The number of benzene rings is 2. The van der Waals surface area contributed by atoms with Gasteiger partial charge in [-0.15, -0.1) is 25.2 Å². The SMILES string of the molecule is C=C(N/C(C)=C(\O)C(=C)n1nc2ccccc2n1)/C(O)=C(\C)n1nc2ccccc2n1. The van der Waals surface area contributed by atoms with Gasteiger partial charge in [0.2, 0.25) is 0 Å². The zero-order valence-electron chi connectivity index (χ0n) is 17.1. The predicted octanol–water partition coefficient (Wildman–Crippen LogP) is 3.99. The van der Waals surface area contributed by atoms with Crippen LogP contribution in [0.1, 0.15) is 13.8 Å². The molecule has 0 radical (unpaired) electrons. The van der Waals surface area contributed by atoms with Crippen molar-refractivity contribution < 1.29 is 10.2 Å². The second-order valence-corrected chi connectivity index (χ2v) is 6.91. The molecule has 156 valence electrons. The molecular weight excluding hydrogens is 394 g/mol. The van der Waals surface area contributed by atoms with Gasteiger partial charge in [-0.1, -0.05) is 37.4 Å². The number of aliphatic hydroxyl groups excluding tert-OH is 2. The van der Waals surface area contributed by atoms with E-state index in [0.717, 1.165) is 0 Å².